The van der Waals surface area contributed by atoms with Crippen molar-refractivity contribution in [2.45, 2.75) is 44.8 Å². The molecule has 0 spiro atoms. The van der Waals surface area contributed by atoms with Crippen LogP contribution in [-0.2, 0) is 11.3 Å². The van der Waals surface area contributed by atoms with Crippen molar-refractivity contribution in [2.24, 2.45) is 10.7 Å². The predicted octanol–water partition coefficient (Wildman–Crippen LogP) is 4.42. The molecule has 0 atom stereocenters. The summed E-state index contributed by atoms with van der Waals surface area (Å²) in [6.07, 6.45) is 6.86. The van der Waals surface area contributed by atoms with Gasteiger partial charge in [-0.15, -0.1) is 0 Å². The van der Waals surface area contributed by atoms with Gasteiger partial charge in [-0.2, -0.15) is 0 Å². The molecule has 0 aromatic heterocycles. The highest BCUT2D eigenvalue weighted by Crippen LogP contribution is 2.21. The summed E-state index contributed by atoms with van der Waals surface area (Å²) in [5.74, 6) is -0.511. The summed E-state index contributed by atoms with van der Waals surface area (Å²) in [6, 6.07) is 7.14. The molecule has 130 valence electrons. The minimum absolute atomic E-state index is 0.158. The fourth-order valence-corrected chi connectivity index (χ4v) is 2.60. The smallest absolute Gasteiger partial charge is 0.183 e. The summed E-state index contributed by atoms with van der Waals surface area (Å²) in [4.78, 5) is 4.02. The van der Waals surface area contributed by atoms with Gasteiger partial charge in [0.15, 0.2) is 17.5 Å². The van der Waals surface area contributed by atoms with Gasteiger partial charge < -0.3 is 15.8 Å². The number of nitrogens with two attached hydrogens (primary N) is 1. The fraction of sp³-hybridized carbons (Fsp3) is 0.389. The molecular formula is C18H23ClFN3O. The van der Waals surface area contributed by atoms with E-state index in [0.29, 0.717) is 10.9 Å². The molecule has 1 aromatic rings. The third-order valence-corrected chi connectivity index (χ3v) is 4.06. The van der Waals surface area contributed by atoms with E-state index in [1.54, 1.807) is 12.1 Å². The summed E-state index contributed by atoms with van der Waals surface area (Å²) in [5, 5.41) is 3.33. The molecule has 1 aromatic carbocycles. The second-order valence-corrected chi connectivity index (χ2v) is 6.20. The van der Waals surface area contributed by atoms with Crippen LogP contribution in [0.2, 0.25) is 5.02 Å². The second-order valence-electron chi connectivity index (χ2n) is 5.77. The van der Waals surface area contributed by atoms with Crippen molar-refractivity contribution in [3.8, 4) is 0 Å². The van der Waals surface area contributed by atoms with Crippen molar-refractivity contribution in [1.82, 2.24) is 5.32 Å². The molecule has 0 unspecified atom stereocenters. The summed E-state index contributed by atoms with van der Waals surface area (Å²) in [7, 11) is 0. The van der Waals surface area contributed by atoms with Gasteiger partial charge >= 0.3 is 0 Å². The number of benzene rings is 1. The average molecular weight is 352 g/mol. The van der Waals surface area contributed by atoms with Crippen LogP contribution in [0.15, 0.2) is 53.7 Å². The van der Waals surface area contributed by atoms with E-state index in [1.165, 1.54) is 6.42 Å². The number of rotatable bonds is 7. The largest absolute Gasteiger partial charge is 0.476 e. The lowest BCUT2D eigenvalue weighted by molar-refractivity contribution is 0.0750. The summed E-state index contributed by atoms with van der Waals surface area (Å²) in [5.41, 5.74) is 6.53. The van der Waals surface area contributed by atoms with Gasteiger partial charge in [0.25, 0.3) is 0 Å². The van der Waals surface area contributed by atoms with Crippen molar-refractivity contribution in [2.75, 3.05) is 0 Å². The van der Waals surface area contributed by atoms with E-state index in [9.17, 15) is 4.39 Å². The Morgan fingerprint density at radius 1 is 1.33 bits per heavy atom. The molecule has 1 aliphatic carbocycles. The van der Waals surface area contributed by atoms with Crippen LogP contribution in [0.4, 0.5) is 4.39 Å². The second kappa shape index (κ2) is 9.33. The van der Waals surface area contributed by atoms with Crippen molar-refractivity contribution in [3.05, 3.63) is 59.3 Å². The first kappa shape index (κ1) is 18.3. The third kappa shape index (κ3) is 6.24. The standard InChI is InChI=1S/C18H23ClFN3O/c1-13(24-16-5-3-2-4-6-16)22-12-17(20)18(21)23-11-14-7-9-15(19)10-8-14/h7-10,12,16,22H,1-6,11H2,(H2,21,23). The molecule has 0 bridgehead atoms. The number of aliphatic imine (C=N–C) groups is 1. The molecule has 3 N–H and O–H groups in total. The molecule has 4 nitrogen and oxygen atoms in total. The highest BCUT2D eigenvalue weighted by atomic mass is 35.5. The van der Waals surface area contributed by atoms with Gasteiger partial charge in [0, 0.05) is 11.2 Å². The van der Waals surface area contributed by atoms with Crippen molar-refractivity contribution < 1.29 is 9.13 Å². The van der Waals surface area contributed by atoms with E-state index < -0.39 is 5.83 Å². The summed E-state index contributed by atoms with van der Waals surface area (Å²) < 4.78 is 19.6. The molecule has 6 heteroatoms. The highest BCUT2D eigenvalue weighted by Gasteiger charge is 2.15. The Labute approximate surface area is 147 Å². The molecule has 0 saturated heterocycles. The van der Waals surface area contributed by atoms with Crippen LogP contribution >= 0.6 is 11.6 Å². The molecule has 1 aliphatic rings. The SMILES string of the molecule is C=C(NC=C(F)C(N)=NCc1ccc(Cl)cc1)OC1CCCCC1. The molecule has 1 fully saturated rings. The summed E-state index contributed by atoms with van der Waals surface area (Å²) >= 11 is 5.81. The van der Waals surface area contributed by atoms with Crippen molar-refractivity contribution >= 4 is 17.4 Å². The van der Waals surface area contributed by atoms with Crippen LogP contribution in [-0.4, -0.2) is 11.9 Å². The Morgan fingerprint density at radius 2 is 2.00 bits per heavy atom. The lowest BCUT2D eigenvalue weighted by Crippen LogP contribution is -2.21. The molecule has 24 heavy (non-hydrogen) atoms. The maximum Gasteiger partial charge on any atom is 0.183 e. The Kier molecular flexibility index (Phi) is 7.12. The Hall–Kier alpha value is -2.01. The topological polar surface area (TPSA) is 59.6 Å². The van der Waals surface area contributed by atoms with Crippen LogP contribution in [0.5, 0.6) is 0 Å². The van der Waals surface area contributed by atoms with Gasteiger partial charge in [-0.25, -0.2) is 4.39 Å². The number of hydrogen-bond donors (Lipinski definition) is 2. The molecule has 0 radical (unpaired) electrons. The van der Waals surface area contributed by atoms with Crippen molar-refractivity contribution in [3.63, 3.8) is 0 Å². The lowest BCUT2D eigenvalue weighted by Gasteiger charge is -2.23. The molecule has 0 amide bonds. The molecule has 2 rings (SSSR count). The van der Waals surface area contributed by atoms with E-state index in [-0.39, 0.29) is 18.5 Å². The quantitative estimate of drug-likeness (QED) is 0.434. The zero-order chi connectivity index (χ0) is 17.4. The minimum atomic E-state index is -0.655. The van der Waals surface area contributed by atoms with E-state index >= 15 is 0 Å². The number of halogens is 2. The third-order valence-electron chi connectivity index (χ3n) is 3.81. The van der Waals surface area contributed by atoms with Gasteiger partial charge in [0.05, 0.1) is 6.54 Å². The first-order valence-corrected chi connectivity index (χ1v) is 8.45. The van der Waals surface area contributed by atoms with Crippen LogP contribution in [0, 0.1) is 0 Å². The van der Waals surface area contributed by atoms with E-state index in [1.807, 2.05) is 12.1 Å². The zero-order valence-electron chi connectivity index (χ0n) is 13.6. The van der Waals surface area contributed by atoms with Crippen LogP contribution in [0.1, 0.15) is 37.7 Å². The summed E-state index contributed by atoms with van der Waals surface area (Å²) in [6.45, 7) is 4.03. The van der Waals surface area contributed by atoms with Gasteiger partial charge in [0.1, 0.15) is 6.10 Å². The predicted molar refractivity (Wildman–Crippen MR) is 96.2 cm³/mol. The Bertz CT molecular complexity index is 607. The molecule has 0 aliphatic heterocycles. The molecule has 0 heterocycles. The molecular weight excluding hydrogens is 329 g/mol. The number of amidine groups is 1. The highest BCUT2D eigenvalue weighted by molar-refractivity contribution is 6.30. The normalized spacial score (nSPS) is 16.8. The Balaban J connectivity index is 1.81. The van der Waals surface area contributed by atoms with Crippen LogP contribution in [0.25, 0.3) is 0 Å². The van der Waals surface area contributed by atoms with Crippen LogP contribution < -0.4 is 11.1 Å². The number of hydrogen-bond acceptors (Lipinski definition) is 3. The zero-order valence-corrected chi connectivity index (χ0v) is 14.4. The molecule has 1 saturated carbocycles. The van der Waals surface area contributed by atoms with Gasteiger partial charge in [-0.3, -0.25) is 4.99 Å². The Morgan fingerprint density at radius 3 is 2.67 bits per heavy atom. The first-order chi connectivity index (χ1) is 11.5. The lowest BCUT2D eigenvalue weighted by atomic mass is 9.98. The average Bonchev–Trinajstić information content (AvgIpc) is 2.59. The maximum atomic E-state index is 13.9. The van der Waals surface area contributed by atoms with Gasteiger partial charge in [0.2, 0.25) is 0 Å². The van der Waals surface area contributed by atoms with E-state index in [0.717, 1.165) is 37.4 Å². The fourth-order valence-electron chi connectivity index (χ4n) is 2.48. The monoisotopic (exact) mass is 351 g/mol. The van der Waals surface area contributed by atoms with Crippen molar-refractivity contribution in [1.29, 1.82) is 0 Å². The van der Waals surface area contributed by atoms with E-state index in [4.69, 9.17) is 22.1 Å². The number of ether oxygens (including phenoxy) is 1. The van der Waals surface area contributed by atoms with E-state index in [2.05, 4.69) is 16.9 Å². The number of nitrogens with one attached hydrogen (secondary N) is 1. The minimum Gasteiger partial charge on any atom is -0.476 e. The van der Waals surface area contributed by atoms with Crippen LogP contribution in [0.3, 0.4) is 0 Å². The number of nitrogens with zero attached hydrogens (tertiary/aromatic N) is 1. The first-order valence-electron chi connectivity index (χ1n) is 8.07. The van der Waals surface area contributed by atoms with Gasteiger partial charge in [-0.05, 0) is 50.0 Å². The maximum absolute atomic E-state index is 13.9. The van der Waals surface area contributed by atoms with Gasteiger partial charge in [-0.1, -0.05) is 30.2 Å².